The van der Waals surface area contributed by atoms with E-state index in [4.69, 9.17) is 5.26 Å². The Hall–Kier alpha value is -1.01. The molecule has 0 N–H and O–H groups in total. The Morgan fingerprint density at radius 1 is 1.38 bits per heavy atom. The molecule has 0 spiro atoms. The van der Waals surface area contributed by atoms with Crippen LogP contribution in [0.3, 0.4) is 0 Å². The lowest BCUT2D eigenvalue weighted by Crippen LogP contribution is -1.80. The van der Waals surface area contributed by atoms with Crippen LogP contribution in [-0.2, 0) is 0 Å². The Morgan fingerprint density at radius 2 is 2.00 bits per heavy atom. The fourth-order valence-corrected chi connectivity index (χ4v) is 1.13. The largest absolute Gasteiger partial charge is 0.206 e. The summed E-state index contributed by atoms with van der Waals surface area (Å²) >= 11 is 0.841. The first-order valence-corrected chi connectivity index (χ1v) is 4.88. The van der Waals surface area contributed by atoms with Crippen molar-refractivity contribution in [2.24, 2.45) is 0 Å². The first-order chi connectivity index (χ1) is 6.24. The molecule has 1 rings (SSSR count). The van der Waals surface area contributed by atoms with Gasteiger partial charge in [0.05, 0.1) is 4.90 Å². The second-order valence-electron chi connectivity index (χ2n) is 2.13. The second-order valence-corrected chi connectivity index (χ2v) is 2.95. The van der Waals surface area contributed by atoms with Gasteiger partial charge in [-0.25, -0.2) is 4.39 Å². The van der Waals surface area contributed by atoms with Gasteiger partial charge in [-0.2, -0.15) is 5.26 Å². The minimum absolute atomic E-state index is 0.323. The number of benzene rings is 1. The molecule has 0 heterocycles. The van der Waals surface area contributed by atoms with E-state index in [0.717, 1.165) is 17.3 Å². The lowest BCUT2D eigenvalue weighted by Gasteiger charge is -1.96. The van der Waals surface area contributed by atoms with Gasteiger partial charge in [-0.05, 0) is 36.4 Å². The van der Waals surface area contributed by atoms with Crippen molar-refractivity contribution in [3.05, 3.63) is 29.6 Å². The predicted molar refractivity (Wildman–Crippen MR) is 54.0 cm³/mol. The summed E-state index contributed by atoms with van der Waals surface area (Å²) in [5.74, 6) is -0.323. The maximum absolute atomic E-state index is 12.9. The van der Waals surface area contributed by atoms with Gasteiger partial charge in [-0.15, -0.1) is 0 Å². The zero-order valence-electron chi connectivity index (χ0n) is 7.97. The highest BCUT2D eigenvalue weighted by atomic mass is 32.2. The van der Waals surface area contributed by atoms with Gasteiger partial charge in [-0.1, -0.05) is 19.9 Å². The number of hydrogen-bond acceptors (Lipinski definition) is 2. The van der Waals surface area contributed by atoms with Gasteiger partial charge in [0.15, 0.2) is 0 Å². The molecule has 1 nitrogen and oxygen atoms in total. The zero-order chi connectivity index (χ0) is 10.3. The van der Waals surface area contributed by atoms with Gasteiger partial charge in [0.1, 0.15) is 11.2 Å². The highest BCUT2D eigenvalue weighted by Gasteiger charge is 2.00. The van der Waals surface area contributed by atoms with E-state index in [1.165, 1.54) is 6.07 Å². The molecule has 0 saturated carbocycles. The van der Waals surface area contributed by atoms with E-state index >= 15 is 0 Å². The summed E-state index contributed by atoms with van der Waals surface area (Å²) < 4.78 is 12.9. The fourth-order valence-electron chi connectivity index (χ4n) is 0.738. The van der Waals surface area contributed by atoms with E-state index < -0.39 is 0 Å². The highest BCUT2D eigenvalue weighted by molar-refractivity contribution is 8.03. The van der Waals surface area contributed by atoms with Crippen molar-refractivity contribution >= 4 is 11.8 Å². The van der Waals surface area contributed by atoms with Crippen LogP contribution < -0.4 is 0 Å². The minimum atomic E-state index is -0.323. The van der Waals surface area contributed by atoms with Crippen LogP contribution in [0.4, 0.5) is 4.39 Å². The number of thiocyanates is 1. The van der Waals surface area contributed by atoms with E-state index in [1.54, 1.807) is 12.1 Å². The van der Waals surface area contributed by atoms with Crippen LogP contribution >= 0.6 is 11.8 Å². The number of halogens is 1. The Balaban J connectivity index is 0.000000671. The molecule has 1 aromatic rings. The molecule has 3 heteroatoms. The maximum atomic E-state index is 12.9. The summed E-state index contributed by atoms with van der Waals surface area (Å²) in [6, 6.07) is 4.81. The van der Waals surface area contributed by atoms with Crippen molar-refractivity contribution in [3.8, 4) is 5.40 Å². The fraction of sp³-hybridized carbons (Fsp3) is 0.300. The number of hydrogen-bond donors (Lipinski definition) is 0. The molecule has 70 valence electrons. The second kappa shape index (κ2) is 6.50. The minimum Gasteiger partial charge on any atom is -0.206 e. The van der Waals surface area contributed by atoms with Gasteiger partial charge in [-0.3, -0.25) is 0 Å². The average molecular weight is 197 g/mol. The Kier molecular flexibility index (Phi) is 5.99. The first kappa shape index (κ1) is 12.0. The first-order valence-electron chi connectivity index (χ1n) is 4.06. The highest BCUT2D eigenvalue weighted by Crippen LogP contribution is 2.20. The third kappa shape index (κ3) is 3.95. The molecule has 0 amide bonds. The van der Waals surface area contributed by atoms with Crippen molar-refractivity contribution in [1.82, 2.24) is 0 Å². The molecule has 0 bridgehead atoms. The van der Waals surface area contributed by atoms with Crippen LogP contribution in [0.2, 0.25) is 0 Å². The SMILES string of the molecule is CC.Cc1ccc(SC#N)c(F)c1. The number of rotatable bonds is 1. The van der Waals surface area contributed by atoms with Crippen molar-refractivity contribution in [2.45, 2.75) is 25.7 Å². The maximum Gasteiger partial charge on any atom is 0.138 e. The monoisotopic (exact) mass is 197 g/mol. The topological polar surface area (TPSA) is 23.8 Å². The molecular formula is C10H12FNS. The summed E-state index contributed by atoms with van der Waals surface area (Å²) in [4.78, 5) is 0.387. The average Bonchev–Trinajstić information content (AvgIpc) is 2.14. The molecule has 0 radical (unpaired) electrons. The lowest BCUT2D eigenvalue weighted by molar-refractivity contribution is 0.601. The van der Waals surface area contributed by atoms with Gasteiger partial charge in [0.25, 0.3) is 0 Å². The van der Waals surface area contributed by atoms with Crippen LogP contribution in [0.25, 0.3) is 0 Å². The van der Waals surface area contributed by atoms with Crippen molar-refractivity contribution < 1.29 is 4.39 Å². The van der Waals surface area contributed by atoms with Crippen LogP contribution in [0.15, 0.2) is 23.1 Å². The van der Waals surface area contributed by atoms with Crippen molar-refractivity contribution in [3.63, 3.8) is 0 Å². The molecule has 0 atom stereocenters. The van der Waals surface area contributed by atoms with Crippen molar-refractivity contribution in [1.29, 1.82) is 5.26 Å². The number of thioether (sulfide) groups is 1. The van der Waals surface area contributed by atoms with E-state index in [2.05, 4.69) is 0 Å². The summed E-state index contributed by atoms with van der Waals surface area (Å²) in [6.07, 6.45) is 0. The standard InChI is InChI=1S/C8H6FNS.C2H6/c1-6-2-3-8(11-5-10)7(9)4-6;1-2/h2-4H,1H3;1-2H3. The quantitative estimate of drug-likeness (QED) is 0.506. The van der Waals surface area contributed by atoms with Gasteiger partial charge in [0.2, 0.25) is 0 Å². The molecule has 0 aliphatic rings. The summed E-state index contributed by atoms with van der Waals surface area (Å²) in [6.45, 7) is 5.81. The summed E-state index contributed by atoms with van der Waals surface area (Å²) in [7, 11) is 0. The number of aryl methyl sites for hydroxylation is 1. The normalized spacial score (nSPS) is 8.23. The number of nitrogens with zero attached hydrogens (tertiary/aromatic N) is 1. The van der Waals surface area contributed by atoms with Crippen LogP contribution in [0.1, 0.15) is 19.4 Å². The van der Waals surface area contributed by atoms with E-state index in [0.29, 0.717) is 4.90 Å². The molecule has 0 unspecified atom stereocenters. The predicted octanol–water partition coefficient (Wildman–Crippen LogP) is 3.73. The van der Waals surface area contributed by atoms with E-state index in [-0.39, 0.29) is 5.82 Å². The zero-order valence-corrected chi connectivity index (χ0v) is 8.78. The molecular weight excluding hydrogens is 185 g/mol. The Labute approximate surface area is 82.6 Å². The molecule has 13 heavy (non-hydrogen) atoms. The van der Waals surface area contributed by atoms with Gasteiger partial charge < -0.3 is 0 Å². The Morgan fingerprint density at radius 3 is 2.46 bits per heavy atom. The van der Waals surface area contributed by atoms with E-state index in [9.17, 15) is 4.39 Å². The molecule has 0 fully saturated rings. The smallest absolute Gasteiger partial charge is 0.138 e. The molecule has 0 aliphatic heterocycles. The molecule has 0 aromatic heterocycles. The molecule has 1 aromatic carbocycles. The van der Waals surface area contributed by atoms with E-state index in [1.807, 2.05) is 26.2 Å². The number of nitriles is 1. The Bertz CT molecular complexity index is 304. The lowest BCUT2D eigenvalue weighted by atomic mass is 10.2. The third-order valence-corrected chi connectivity index (χ3v) is 1.89. The van der Waals surface area contributed by atoms with Crippen molar-refractivity contribution in [2.75, 3.05) is 0 Å². The molecule has 0 aliphatic carbocycles. The van der Waals surface area contributed by atoms with Gasteiger partial charge in [0, 0.05) is 0 Å². The van der Waals surface area contributed by atoms with Crippen LogP contribution in [-0.4, -0.2) is 0 Å². The summed E-state index contributed by atoms with van der Waals surface area (Å²) in [5.41, 5.74) is 0.866. The molecule has 0 saturated heterocycles. The van der Waals surface area contributed by atoms with Crippen LogP contribution in [0.5, 0.6) is 0 Å². The third-order valence-electron chi connectivity index (χ3n) is 1.24. The van der Waals surface area contributed by atoms with Crippen LogP contribution in [0, 0.1) is 23.4 Å². The summed E-state index contributed by atoms with van der Waals surface area (Å²) in [5, 5.41) is 10.1. The van der Waals surface area contributed by atoms with Gasteiger partial charge >= 0.3 is 0 Å².